The number of rotatable bonds is 2. The third-order valence-electron chi connectivity index (χ3n) is 2.04. The van der Waals surface area contributed by atoms with Gasteiger partial charge in [0.25, 0.3) is 0 Å². The Morgan fingerprint density at radius 1 is 1.20 bits per heavy atom. The lowest BCUT2D eigenvalue weighted by molar-refractivity contribution is 0.622. The third kappa shape index (κ3) is 2.21. The van der Waals surface area contributed by atoms with Crippen LogP contribution >= 0.6 is 11.3 Å². The molecule has 0 atom stereocenters. The number of nitrogens with zero attached hydrogens (tertiary/aromatic N) is 2. The van der Waals surface area contributed by atoms with E-state index in [9.17, 15) is 4.39 Å². The zero-order valence-electron chi connectivity index (χ0n) is 8.57. The van der Waals surface area contributed by atoms with Crippen LogP contribution in [-0.4, -0.2) is 9.97 Å². The van der Waals surface area contributed by atoms with Crippen molar-refractivity contribution in [1.82, 2.24) is 9.97 Å². The molecule has 0 bridgehead atoms. The van der Waals surface area contributed by atoms with Crippen LogP contribution in [0, 0.1) is 5.82 Å². The molecule has 0 N–H and O–H groups in total. The van der Waals surface area contributed by atoms with Crippen LogP contribution in [0.25, 0.3) is 10.7 Å². The van der Waals surface area contributed by atoms with E-state index in [1.54, 1.807) is 17.4 Å². The molecular formula is C11H11FN2S. The summed E-state index contributed by atoms with van der Waals surface area (Å²) < 4.78 is 12.7. The second-order valence-corrected chi connectivity index (χ2v) is 4.65. The van der Waals surface area contributed by atoms with E-state index in [1.807, 2.05) is 6.20 Å². The molecule has 0 aromatic carbocycles. The van der Waals surface area contributed by atoms with Crippen LogP contribution in [-0.2, 0) is 0 Å². The zero-order valence-corrected chi connectivity index (χ0v) is 9.38. The van der Waals surface area contributed by atoms with Gasteiger partial charge in [0.1, 0.15) is 10.8 Å². The summed E-state index contributed by atoms with van der Waals surface area (Å²) in [6.45, 7) is 4.24. The molecule has 2 rings (SSSR count). The maximum Gasteiger partial charge on any atom is 0.142 e. The van der Waals surface area contributed by atoms with E-state index in [-0.39, 0.29) is 5.82 Å². The molecule has 0 radical (unpaired) electrons. The molecule has 4 heteroatoms. The fourth-order valence-electron chi connectivity index (χ4n) is 1.17. The molecule has 78 valence electrons. The highest BCUT2D eigenvalue weighted by molar-refractivity contribution is 7.15. The summed E-state index contributed by atoms with van der Waals surface area (Å²) in [6, 6.07) is 3.05. The van der Waals surface area contributed by atoms with Crippen LogP contribution in [0.4, 0.5) is 4.39 Å². The lowest BCUT2D eigenvalue weighted by atomic mass is 10.2. The molecule has 0 amide bonds. The number of hydrogen-bond acceptors (Lipinski definition) is 3. The third-order valence-corrected chi connectivity index (χ3v) is 3.36. The maximum atomic E-state index is 12.7. The second-order valence-electron chi connectivity index (χ2n) is 3.58. The van der Waals surface area contributed by atoms with Gasteiger partial charge in [-0.3, -0.25) is 4.98 Å². The number of pyridine rings is 1. The summed E-state index contributed by atoms with van der Waals surface area (Å²) in [5, 5.41) is 0.846. The summed E-state index contributed by atoms with van der Waals surface area (Å²) in [6.07, 6.45) is 3.07. The first kappa shape index (κ1) is 10.2. The first-order valence-corrected chi connectivity index (χ1v) is 5.56. The second kappa shape index (κ2) is 4.06. The van der Waals surface area contributed by atoms with Crippen molar-refractivity contribution >= 4 is 11.3 Å². The minimum atomic E-state index is -0.320. The van der Waals surface area contributed by atoms with E-state index in [4.69, 9.17) is 0 Å². The van der Waals surface area contributed by atoms with Crippen molar-refractivity contribution in [3.8, 4) is 10.7 Å². The summed E-state index contributed by atoms with van der Waals surface area (Å²) >= 11 is 1.60. The van der Waals surface area contributed by atoms with Crippen molar-refractivity contribution in [2.24, 2.45) is 0 Å². The quantitative estimate of drug-likeness (QED) is 0.777. The topological polar surface area (TPSA) is 25.8 Å². The van der Waals surface area contributed by atoms with Gasteiger partial charge in [-0.15, -0.1) is 11.3 Å². The van der Waals surface area contributed by atoms with Crippen LogP contribution in [0.5, 0.6) is 0 Å². The molecule has 0 aliphatic carbocycles. The van der Waals surface area contributed by atoms with Gasteiger partial charge >= 0.3 is 0 Å². The van der Waals surface area contributed by atoms with Gasteiger partial charge < -0.3 is 0 Å². The van der Waals surface area contributed by atoms with Crippen LogP contribution in [0.1, 0.15) is 24.6 Å². The van der Waals surface area contributed by atoms with Crippen molar-refractivity contribution in [1.29, 1.82) is 0 Å². The predicted octanol–water partition coefficient (Wildman–Crippen LogP) is 3.47. The van der Waals surface area contributed by atoms with Crippen LogP contribution in [0.15, 0.2) is 24.5 Å². The first-order chi connectivity index (χ1) is 7.16. The Bertz CT molecular complexity index is 448. The van der Waals surface area contributed by atoms with Gasteiger partial charge in [-0.2, -0.15) is 0 Å². The van der Waals surface area contributed by atoms with E-state index in [1.165, 1.54) is 17.1 Å². The number of thiazole rings is 1. The number of aromatic nitrogens is 2. The molecule has 0 unspecified atom stereocenters. The Morgan fingerprint density at radius 2 is 2.00 bits per heavy atom. The normalized spacial score (nSPS) is 10.9. The van der Waals surface area contributed by atoms with Gasteiger partial charge in [0.2, 0.25) is 0 Å². The Morgan fingerprint density at radius 3 is 2.53 bits per heavy atom. The fraction of sp³-hybridized carbons (Fsp3) is 0.273. The summed E-state index contributed by atoms with van der Waals surface area (Å²) in [7, 11) is 0. The molecule has 2 aromatic heterocycles. The Balaban J connectivity index is 2.33. The van der Waals surface area contributed by atoms with Gasteiger partial charge in [-0.1, -0.05) is 13.8 Å². The van der Waals surface area contributed by atoms with Gasteiger partial charge in [-0.05, 0) is 18.1 Å². The van der Waals surface area contributed by atoms with E-state index < -0.39 is 0 Å². The Hall–Kier alpha value is -1.29. The average molecular weight is 222 g/mol. The molecule has 2 aromatic rings. The number of hydrogen-bond donors (Lipinski definition) is 0. The standard InChI is InChI=1S/C11H11FN2S/c1-7(2)10-6-14-11(15-10)9-4-3-8(12)5-13-9/h3-7H,1-2H3. The van der Waals surface area contributed by atoms with Crippen molar-refractivity contribution in [3.05, 3.63) is 35.2 Å². The minimum absolute atomic E-state index is 0.320. The predicted molar refractivity (Wildman–Crippen MR) is 59.4 cm³/mol. The van der Waals surface area contributed by atoms with Crippen LogP contribution in [0.2, 0.25) is 0 Å². The van der Waals surface area contributed by atoms with Crippen LogP contribution < -0.4 is 0 Å². The van der Waals surface area contributed by atoms with Gasteiger partial charge in [0, 0.05) is 11.1 Å². The van der Waals surface area contributed by atoms with Crippen molar-refractivity contribution in [2.45, 2.75) is 19.8 Å². The van der Waals surface area contributed by atoms with Crippen molar-refractivity contribution < 1.29 is 4.39 Å². The Kier molecular flexibility index (Phi) is 2.77. The smallest absolute Gasteiger partial charge is 0.142 e. The monoisotopic (exact) mass is 222 g/mol. The molecule has 0 aliphatic rings. The lowest BCUT2D eigenvalue weighted by Crippen LogP contribution is -1.82. The molecule has 0 fully saturated rings. The van der Waals surface area contributed by atoms with E-state index in [2.05, 4.69) is 23.8 Å². The zero-order chi connectivity index (χ0) is 10.8. The highest BCUT2D eigenvalue weighted by atomic mass is 32.1. The summed E-state index contributed by atoms with van der Waals surface area (Å²) in [5.74, 6) is 0.149. The summed E-state index contributed by atoms with van der Waals surface area (Å²) in [4.78, 5) is 9.48. The molecule has 0 spiro atoms. The van der Waals surface area contributed by atoms with E-state index >= 15 is 0 Å². The largest absolute Gasteiger partial charge is 0.251 e. The van der Waals surface area contributed by atoms with E-state index in [0.29, 0.717) is 5.92 Å². The molecule has 2 nitrogen and oxygen atoms in total. The molecular weight excluding hydrogens is 211 g/mol. The number of halogens is 1. The maximum absolute atomic E-state index is 12.7. The molecule has 0 saturated carbocycles. The Labute approximate surface area is 91.8 Å². The first-order valence-electron chi connectivity index (χ1n) is 4.74. The van der Waals surface area contributed by atoms with Crippen molar-refractivity contribution in [2.75, 3.05) is 0 Å². The van der Waals surface area contributed by atoms with Gasteiger partial charge in [-0.25, -0.2) is 9.37 Å². The molecule has 0 aliphatic heterocycles. The summed E-state index contributed by atoms with van der Waals surface area (Å²) in [5.41, 5.74) is 0.730. The fourth-order valence-corrected chi connectivity index (χ4v) is 2.07. The van der Waals surface area contributed by atoms with Gasteiger partial charge in [0.15, 0.2) is 0 Å². The molecule has 15 heavy (non-hydrogen) atoms. The van der Waals surface area contributed by atoms with Crippen LogP contribution in [0.3, 0.4) is 0 Å². The highest BCUT2D eigenvalue weighted by Crippen LogP contribution is 2.27. The van der Waals surface area contributed by atoms with Gasteiger partial charge in [0.05, 0.1) is 11.9 Å². The average Bonchev–Trinajstić information content (AvgIpc) is 2.68. The lowest BCUT2D eigenvalue weighted by Gasteiger charge is -1.96. The minimum Gasteiger partial charge on any atom is -0.251 e. The molecule has 2 heterocycles. The highest BCUT2D eigenvalue weighted by Gasteiger charge is 2.08. The SMILES string of the molecule is CC(C)c1cnc(-c2ccc(F)cn2)s1. The molecule has 0 saturated heterocycles. The van der Waals surface area contributed by atoms with Crippen molar-refractivity contribution in [3.63, 3.8) is 0 Å². The van der Waals surface area contributed by atoms with E-state index in [0.717, 1.165) is 10.7 Å².